The van der Waals surface area contributed by atoms with Crippen molar-refractivity contribution >= 4 is 22.7 Å². The average Bonchev–Trinajstić information content (AvgIpc) is 3.17. The number of amides is 1. The third-order valence-corrected chi connectivity index (χ3v) is 4.50. The Labute approximate surface area is 168 Å². The van der Waals surface area contributed by atoms with E-state index in [1.807, 2.05) is 36.4 Å². The number of hydrogen-bond acceptors (Lipinski definition) is 5. The van der Waals surface area contributed by atoms with E-state index in [1.54, 1.807) is 30.6 Å². The van der Waals surface area contributed by atoms with Gasteiger partial charge in [-0.15, -0.1) is 0 Å². The molecule has 1 amide bonds. The molecular formula is C23H21N3O3. The molecule has 0 saturated heterocycles. The minimum absolute atomic E-state index is 0.0706. The maximum absolute atomic E-state index is 12.2. The van der Waals surface area contributed by atoms with Gasteiger partial charge >= 0.3 is 0 Å². The van der Waals surface area contributed by atoms with Crippen LogP contribution in [0.1, 0.15) is 25.3 Å². The van der Waals surface area contributed by atoms with Gasteiger partial charge in [-0.3, -0.25) is 9.78 Å². The maximum atomic E-state index is 12.2. The van der Waals surface area contributed by atoms with Crippen molar-refractivity contribution in [3.8, 4) is 17.2 Å². The van der Waals surface area contributed by atoms with E-state index < -0.39 is 0 Å². The molecule has 0 fully saturated rings. The van der Waals surface area contributed by atoms with Crippen molar-refractivity contribution in [1.29, 1.82) is 0 Å². The molecule has 6 heteroatoms. The van der Waals surface area contributed by atoms with E-state index in [1.165, 1.54) is 5.56 Å². The molecule has 2 aromatic heterocycles. The predicted molar refractivity (Wildman–Crippen MR) is 112 cm³/mol. The summed E-state index contributed by atoms with van der Waals surface area (Å²) in [4.78, 5) is 20.8. The highest BCUT2D eigenvalue weighted by Gasteiger charge is 2.10. The Balaban J connectivity index is 1.40. The maximum Gasteiger partial charge on any atom is 0.262 e. The lowest BCUT2D eigenvalue weighted by Gasteiger charge is -2.09. The van der Waals surface area contributed by atoms with Crippen LogP contribution in [0.15, 0.2) is 71.4 Å². The number of nitrogens with zero attached hydrogens (tertiary/aromatic N) is 2. The fourth-order valence-corrected chi connectivity index (χ4v) is 2.91. The second kappa shape index (κ2) is 8.14. The molecule has 146 valence electrons. The van der Waals surface area contributed by atoms with Crippen molar-refractivity contribution in [2.24, 2.45) is 0 Å². The molecule has 29 heavy (non-hydrogen) atoms. The van der Waals surface area contributed by atoms with Crippen molar-refractivity contribution in [3.05, 3.63) is 72.6 Å². The number of hydrogen-bond donors (Lipinski definition) is 1. The van der Waals surface area contributed by atoms with E-state index in [0.29, 0.717) is 34.3 Å². The van der Waals surface area contributed by atoms with Crippen molar-refractivity contribution in [3.63, 3.8) is 0 Å². The largest absolute Gasteiger partial charge is 0.484 e. The Kier molecular flexibility index (Phi) is 5.24. The van der Waals surface area contributed by atoms with Crippen LogP contribution in [0.2, 0.25) is 0 Å². The summed E-state index contributed by atoms with van der Waals surface area (Å²) in [7, 11) is 0. The highest BCUT2D eigenvalue weighted by Crippen LogP contribution is 2.25. The molecule has 0 unspecified atom stereocenters. The van der Waals surface area contributed by atoms with Crippen LogP contribution in [-0.4, -0.2) is 22.5 Å². The van der Waals surface area contributed by atoms with Crippen LogP contribution in [0.5, 0.6) is 5.75 Å². The van der Waals surface area contributed by atoms with Crippen molar-refractivity contribution in [1.82, 2.24) is 9.97 Å². The van der Waals surface area contributed by atoms with Crippen molar-refractivity contribution in [2.45, 2.75) is 19.8 Å². The molecule has 4 rings (SSSR count). The highest BCUT2D eigenvalue weighted by atomic mass is 16.5. The molecule has 0 bridgehead atoms. The number of anilines is 1. The Morgan fingerprint density at radius 2 is 1.97 bits per heavy atom. The Morgan fingerprint density at radius 3 is 2.69 bits per heavy atom. The summed E-state index contributed by atoms with van der Waals surface area (Å²) in [6.07, 6.45) is 3.39. The van der Waals surface area contributed by atoms with Gasteiger partial charge in [0.2, 0.25) is 5.89 Å². The summed E-state index contributed by atoms with van der Waals surface area (Å²) in [5.74, 6) is 1.37. The van der Waals surface area contributed by atoms with E-state index in [0.717, 1.165) is 5.56 Å². The van der Waals surface area contributed by atoms with E-state index in [4.69, 9.17) is 9.15 Å². The van der Waals surface area contributed by atoms with Crippen LogP contribution in [-0.2, 0) is 4.79 Å². The zero-order chi connectivity index (χ0) is 20.2. The lowest BCUT2D eigenvalue weighted by molar-refractivity contribution is -0.118. The number of benzene rings is 2. The Bertz CT molecular complexity index is 1120. The first kappa shape index (κ1) is 18.7. The second-order valence-electron chi connectivity index (χ2n) is 7.00. The van der Waals surface area contributed by atoms with Gasteiger partial charge in [0.1, 0.15) is 11.3 Å². The lowest BCUT2D eigenvalue weighted by Crippen LogP contribution is -2.20. The monoisotopic (exact) mass is 387 g/mol. The smallest absolute Gasteiger partial charge is 0.262 e. The summed E-state index contributed by atoms with van der Waals surface area (Å²) in [5.41, 5.74) is 3.96. The minimum Gasteiger partial charge on any atom is -0.484 e. The van der Waals surface area contributed by atoms with Gasteiger partial charge in [0.15, 0.2) is 12.2 Å². The molecule has 0 spiro atoms. The van der Waals surface area contributed by atoms with Crippen LogP contribution in [0.4, 0.5) is 5.69 Å². The first-order valence-electron chi connectivity index (χ1n) is 9.42. The van der Waals surface area contributed by atoms with E-state index in [2.05, 4.69) is 29.1 Å². The number of carbonyl (C=O) groups excluding carboxylic acids is 1. The number of nitrogens with one attached hydrogen (secondary N) is 1. The van der Waals surface area contributed by atoms with Crippen LogP contribution < -0.4 is 10.1 Å². The number of fused-ring (bicyclic) bond motifs is 1. The minimum atomic E-state index is -0.242. The third kappa shape index (κ3) is 4.43. The van der Waals surface area contributed by atoms with E-state index >= 15 is 0 Å². The average molecular weight is 387 g/mol. The molecule has 0 aliphatic heterocycles. The molecule has 0 saturated carbocycles. The first-order valence-corrected chi connectivity index (χ1v) is 9.42. The number of pyridine rings is 1. The van der Waals surface area contributed by atoms with Gasteiger partial charge in [-0.05, 0) is 53.9 Å². The van der Waals surface area contributed by atoms with Crippen molar-refractivity contribution < 1.29 is 13.9 Å². The summed E-state index contributed by atoms with van der Waals surface area (Å²) >= 11 is 0. The van der Waals surface area contributed by atoms with Crippen LogP contribution >= 0.6 is 0 Å². The summed E-state index contributed by atoms with van der Waals surface area (Å²) in [5, 5.41) is 2.83. The Hall–Kier alpha value is -3.67. The van der Waals surface area contributed by atoms with Crippen LogP contribution in [0, 0.1) is 0 Å². The summed E-state index contributed by atoms with van der Waals surface area (Å²) < 4.78 is 11.3. The predicted octanol–water partition coefficient (Wildman–Crippen LogP) is 5.03. The highest BCUT2D eigenvalue weighted by molar-refractivity contribution is 5.94. The fourth-order valence-electron chi connectivity index (χ4n) is 2.91. The third-order valence-electron chi connectivity index (χ3n) is 4.50. The zero-order valence-corrected chi connectivity index (χ0v) is 16.3. The molecule has 4 aromatic rings. The number of carbonyl (C=O) groups is 1. The van der Waals surface area contributed by atoms with Gasteiger partial charge in [0.25, 0.3) is 5.91 Å². The summed E-state index contributed by atoms with van der Waals surface area (Å²) in [6, 6.07) is 16.8. The van der Waals surface area contributed by atoms with Gasteiger partial charge in [-0.2, -0.15) is 0 Å². The fraction of sp³-hybridized carbons (Fsp3) is 0.174. The van der Waals surface area contributed by atoms with E-state index in [9.17, 15) is 4.79 Å². The molecular weight excluding hydrogens is 366 g/mol. The Morgan fingerprint density at radius 1 is 1.14 bits per heavy atom. The molecule has 1 N–H and O–H groups in total. The topological polar surface area (TPSA) is 77.2 Å². The quantitative estimate of drug-likeness (QED) is 0.502. The molecule has 2 aromatic carbocycles. The number of rotatable bonds is 6. The van der Waals surface area contributed by atoms with Crippen LogP contribution in [0.3, 0.4) is 0 Å². The molecule has 0 aliphatic rings. The molecule has 0 atom stereocenters. The standard InChI is InChI=1S/C23H21N3O3/c1-15(2)16-5-8-19(9-6-16)28-14-22(27)25-18-7-10-21-20(12-18)26-23(29-21)17-4-3-11-24-13-17/h3-13,15H,14H2,1-2H3,(H,25,27). The number of ether oxygens (including phenoxy) is 1. The number of oxazole rings is 1. The van der Waals surface area contributed by atoms with Gasteiger partial charge < -0.3 is 14.5 Å². The molecule has 2 heterocycles. The normalized spacial score (nSPS) is 11.0. The van der Waals surface area contributed by atoms with Gasteiger partial charge in [-0.1, -0.05) is 26.0 Å². The second-order valence-corrected chi connectivity index (χ2v) is 7.00. The van der Waals surface area contributed by atoms with Gasteiger partial charge in [-0.25, -0.2) is 4.98 Å². The molecule has 0 aliphatic carbocycles. The first-order chi connectivity index (χ1) is 14.1. The number of aromatic nitrogens is 2. The zero-order valence-electron chi connectivity index (χ0n) is 16.3. The summed E-state index contributed by atoms with van der Waals surface area (Å²) in [6.45, 7) is 4.20. The SMILES string of the molecule is CC(C)c1ccc(OCC(=O)Nc2ccc3oc(-c4cccnc4)nc3c2)cc1. The van der Waals surface area contributed by atoms with E-state index in [-0.39, 0.29) is 12.5 Å². The van der Waals surface area contributed by atoms with Crippen LogP contribution in [0.25, 0.3) is 22.6 Å². The van der Waals surface area contributed by atoms with Gasteiger partial charge in [0.05, 0.1) is 5.56 Å². The lowest BCUT2D eigenvalue weighted by atomic mass is 10.0. The van der Waals surface area contributed by atoms with Gasteiger partial charge in [0, 0.05) is 18.1 Å². The molecule has 6 nitrogen and oxygen atoms in total. The molecule has 0 radical (unpaired) electrons. The van der Waals surface area contributed by atoms with Crippen molar-refractivity contribution in [2.75, 3.05) is 11.9 Å².